The number of methoxy groups -OCH3 is 1. The molecule has 0 bridgehead atoms. The largest absolute Gasteiger partial charge is 0.497 e. The molecule has 1 fully saturated rings. The Morgan fingerprint density at radius 2 is 1.69 bits per heavy atom. The van der Waals surface area contributed by atoms with Crippen molar-refractivity contribution in [2.45, 2.75) is 6.54 Å². The number of halogens is 1. The molecule has 0 aromatic heterocycles. The van der Waals surface area contributed by atoms with Gasteiger partial charge in [0.2, 0.25) is 5.91 Å². The summed E-state index contributed by atoms with van der Waals surface area (Å²) in [5.74, 6) is 0.576. The molecule has 2 aromatic rings. The Morgan fingerprint density at radius 1 is 1.04 bits per heavy atom. The molecule has 1 amide bonds. The van der Waals surface area contributed by atoms with Crippen molar-refractivity contribution >= 4 is 11.6 Å². The lowest BCUT2D eigenvalue weighted by Crippen LogP contribution is -2.49. The standard InChI is InChI=1S/C20H24FN3O2/c1-26-19-8-6-18(7-9-19)24-12-10-23(11-13-24)15-20(25)22-14-16-2-4-17(21)5-3-16/h2-9H,10-15H2,1H3,(H,22,25). The number of ether oxygens (including phenoxy) is 1. The SMILES string of the molecule is COc1ccc(N2CCN(CC(=O)NCc3ccc(F)cc3)CC2)cc1. The maximum atomic E-state index is 12.9. The molecule has 138 valence electrons. The lowest BCUT2D eigenvalue weighted by molar-refractivity contribution is -0.122. The lowest BCUT2D eigenvalue weighted by Gasteiger charge is -2.35. The van der Waals surface area contributed by atoms with Crippen LogP contribution in [0.3, 0.4) is 0 Å². The Bertz CT molecular complexity index is 711. The first kappa shape index (κ1) is 18.2. The summed E-state index contributed by atoms with van der Waals surface area (Å²) >= 11 is 0. The molecule has 5 nitrogen and oxygen atoms in total. The van der Waals surface area contributed by atoms with Crippen molar-refractivity contribution in [2.75, 3.05) is 44.7 Å². The van der Waals surface area contributed by atoms with E-state index in [2.05, 4.69) is 27.2 Å². The highest BCUT2D eigenvalue weighted by Crippen LogP contribution is 2.20. The number of hydrogen-bond donors (Lipinski definition) is 1. The van der Waals surface area contributed by atoms with Crippen LogP contribution >= 0.6 is 0 Å². The van der Waals surface area contributed by atoms with E-state index in [4.69, 9.17) is 4.74 Å². The summed E-state index contributed by atoms with van der Waals surface area (Å²) in [6, 6.07) is 14.2. The highest BCUT2D eigenvalue weighted by atomic mass is 19.1. The number of nitrogens with one attached hydrogen (secondary N) is 1. The van der Waals surface area contributed by atoms with Crippen LogP contribution < -0.4 is 15.0 Å². The van der Waals surface area contributed by atoms with Gasteiger partial charge in [-0.05, 0) is 42.0 Å². The van der Waals surface area contributed by atoms with Crippen molar-refractivity contribution in [3.8, 4) is 5.75 Å². The van der Waals surface area contributed by atoms with Crippen LogP contribution in [0.1, 0.15) is 5.56 Å². The van der Waals surface area contributed by atoms with Crippen molar-refractivity contribution in [1.29, 1.82) is 0 Å². The number of anilines is 1. The minimum Gasteiger partial charge on any atom is -0.497 e. The van der Waals surface area contributed by atoms with Crippen molar-refractivity contribution in [3.05, 3.63) is 59.9 Å². The zero-order chi connectivity index (χ0) is 18.4. The molecule has 6 heteroatoms. The van der Waals surface area contributed by atoms with Crippen LogP contribution in [0, 0.1) is 5.82 Å². The Morgan fingerprint density at radius 3 is 2.31 bits per heavy atom. The number of amides is 1. The summed E-state index contributed by atoms with van der Waals surface area (Å²) in [5, 5.41) is 2.89. The minimum atomic E-state index is -0.269. The first-order valence-electron chi connectivity index (χ1n) is 8.76. The van der Waals surface area contributed by atoms with Crippen LogP contribution in [0.15, 0.2) is 48.5 Å². The van der Waals surface area contributed by atoms with E-state index in [-0.39, 0.29) is 11.7 Å². The molecule has 0 saturated carbocycles. The fourth-order valence-corrected chi connectivity index (χ4v) is 3.02. The highest BCUT2D eigenvalue weighted by molar-refractivity contribution is 5.78. The number of carbonyl (C=O) groups is 1. The van der Waals surface area contributed by atoms with Gasteiger partial charge in [-0.3, -0.25) is 9.69 Å². The molecular formula is C20H24FN3O2. The second-order valence-electron chi connectivity index (χ2n) is 6.36. The number of carbonyl (C=O) groups excluding carboxylic acids is 1. The molecule has 1 heterocycles. The van der Waals surface area contributed by atoms with Gasteiger partial charge in [-0.2, -0.15) is 0 Å². The van der Waals surface area contributed by atoms with E-state index in [0.717, 1.165) is 37.5 Å². The second kappa shape index (κ2) is 8.67. The predicted octanol–water partition coefficient (Wildman–Crippen LogP) is 2.27. The summed E-state index contributed by atoms with van der Waals surface area (Å²) in [4.78, 5) is 16.6. The maximum absolute atomic E-state index is 12.9. The van der Waals surface area contributed by atoms with E-state index >= 15 is 0 Å². The van der Waals surface area contributed by atoms with Crippen molar-refractivity contribution in [3.63, 3.8) is 0 Å². The van der Waals surface area contributed by atoms with Crippen molar-refractivity contribution in [2.24, 2.45) is 0 Å². The van der Waals surface area contributed by atoms with E-state index in [1.165, 1.54) is 17.8 Å². The van der Waals surface area contributed by atoms with E-state index in [1.54, 1.807) is 19.2 Å². The van der Waals surface area contributed by atoms with Crippen LogP contribution in [0.4, 0.5) is 10.1 Å². The van der Waals surface area contributed by atoms with E-state index in [9.17, 15) is 9.18 Å². The molecule has 1 aliphatic rings. The minimum absolute atomic E-state index is 0.00720. The average Bonchev–Trinajstić information content (AvgIpc) is 2.68. The van der Waals surface area contributed by atoms with Gasteiger partial charge in [0, 0.05) is 38.4 Å². The molecule has 1 saturated heterocycles. The average molecular weight is 357 g/mol. The van der Waals surface area contributed by atoms with Crippen LogP contribution in [0.25, 0.3) is 0 Å². The third-order valence-electron chi connectivity index (χ3n) is 4.58. The van der Waals surface area contributed by atoms with Crippen molar-refractivity contribution in [1.82, 2.24) is 10.2 Å². The molecule has 26 heavy (non-hydrogen) atoms. The first-order valence-corrected chi connectivity index (χ1v) is 8.76. The van der Waals surface area contributed by atoms with Crippen LogP contribution in [0.2, 0.25) is 0 Å². The van der Waals surface area contributed by atoms with E-state index in [1.807, 2.05) is 12.1 Å². The van der Waals surface area contributed by atoms with Crippen molar-refractivity contribution < 1.29 is 13.9 Å². The third-order valence-corrected chi connectivity index (χ3v) is 4.58. The third kappa shape index (κ3) is 4.95. The number of rotatable bonds is 6. The second-order valence-corrected chi connectivity index (χ2v) is 6.36. The smallest absolute Gasteiger partial charge is 0.234 e. The zero-order valence-corrected chi connectivity index (χ0v) is 15.0. The van der Waals surface area contributed by atoms with E-state index < -0.39 is 0 Å². The zero-order valence-electron chi connectivity index (χ0n) is 15.0. The quantitative estimate of drug-likeness (QED) is 0.862. The van der Waals surface area contributed by atoms with Gasteiger partial charge in [-0.15, -0.1) is 0 Å². The summed E-state index contributed by atoms with van der Waals surface area (Å²) < 4.78 is 18.1. The van der Waals surface area contributed by atoms with Gasteiger partial charge in [-0.25, -0.2) is 4.39 Å². The normalized spacial score (nSPS) is 14.9. The molecule has 0 atom stereocenters. The topological polar surface area (TPSA) is 44.8 Å². The molecule has 0 unspecified atom stereocenters. The Labute approximate surface area is 153 Å². The predicted molar refractivity (Wildman–Crippen MR) is 99.9 cm³/mol. The Hall–Kier alpha value is -2.60. The Balaban J connectivity index is 1.41. The molecule has 3 rings (SSSR count). The lowest BCUT2D eigenvalue weighted by atomic mass is 10.2. The Kier molecular flexibility index (Phi) is 6.07. The number of nitrogens with zero attached hydrogens (tertiary/aromatic N) is 2. The summed E-state index contributed by atoms with van der Waals surface area (Å²) in [5.41, 5.74) is 2.07. The van der Waals surface area contributed by atoms with Crippen LogP contribution in [0.5, 0.6) is 5.75 Å². The molecule has 1 N–H and O–H groups in total. The molecule has 0 radical (unpaired) electrons. The van der Waals surface area contributed by atoms with Gasteiger partial charge in [0.15, 0.2) is 0 Å². The highest BCUT2D eigenvalue weighted by Gasteiger charge is 2.19. The van der Waals surface area contributed by atoms with E-state index in [0.29, 0.717) is 13.1 Å². The van der Waals surface area contributed by atoms with Crippen LogP contribution in [-0.2, 0) is 11.3 Å². The number of benzene rings is 2. The summed E-state index contributed by atoms with van der Waals surface area (Å²) in [6.07, 6.45) is 0. The summed E-state index contributed by atoms with van der Waals surface area (Å²) in [7, 11) is 1.66. The maximum Gasteiger partial charge on any atom is 0.234 e. The van der Waals surface area contributed by atoms with Gasteiger partial charge in [-0.1, -0.05) is 12.1 Å². The molecular weight excluding hydrogens is 333 g/mol. The summed E-state index contributed by atoms with van der Waals surface area (Å²) in [6.45, 7) is 4.27. The van der Waals surface area contributed by atoms with Gasteiger partial charge in [0.1, 0.15) is 11.6 Å². The fourth-order valence-electron chi connectivity index (χ4n) is 3.02. The van der Waals surface area contributed by atoms with Gasteiger partial charge in [0.05, 0.1) is 13.7 Å². The van der Waals surface area contributed by atoms with Crippen LogP contribution in [-0.4, -0.2) is 50.6 Å². The van der Waals surface area contributed by atoms with Gasteiger partial charge in [0.25, 0.3) is 0 Å². The first-order chi connectivity index (χ1) is 12.6. The monoisotopic (exact) mass is 357 g/mol. The molecule has 0 aliphatic carbocycles. The fraction of sp³-hybridized carbons (Fsp3) is 0.350. The van der Waals surface area contributed by atoms with Gasteiger partial charge < -0.3 is 15.0 Å². The number of hydrogen-bond acceptors (Lipinski definition) is 4. The molecule has 2 aromatic carbocycles. The molecule has 0 spiro atoms. The number of piperazine rings is 1. The molecule has 1 aliphatic heterocycles. The van der Waals surface area contributed by atoms with Gasteiger partial charge >= 0.3 is 0 Å².